The average Bonchev–Trinajstić information content (AvgIpc) is 3.42. The Morgan fingerprint density at radius 3 is 1.79 bits per heavy atom. The Morgan fingerprint density at radius 2 is 1.08 bits per heavy atom. The first kappa shape index (κ1) is 22.1. The Balaban J connectivity index is 1.14. The van der Waals surface area contributed by atoms with Gasteiger partial charge in [0.25, 0.3) is 0 Å². The molecule has 0 spiro atoms. The fraction of sp³-hybridized carbons (Fsp3) is 0. The molecule has 0 saturated carbocycles. The van der Waals surface area contributed by atoms with Crippen LogP contribution in [0.2, 0.25) is 0 Å². The Morgan fingerprint density at radius 1 is 0.500 bits per heavy atom. The van der Waals surface area contributed by atoms with Gasteiger partial charge in [-0.2, -0.15) is 0 Å². The molecule has 0 aliphatic heterocycles. The molecule has 0 saturated heterocycles. The molecule has 2 aromatic heterocycles. The van der Waals surface area contributed by atoms with E-state index in [9.17, 15) is 4.39 Å². The number of aromatic nitrogens is 2. The molecule has 0 fully saturated rings. The van der Waals surface area contributed by atoms with Gasteiger partial charge in [-0.15, -0.1) is 0 Å². The van der Waals surface area contributed by atoms with Gasteiger partial charge in [0, 0.05) is 22.7 Å². The van der Waals surface area contributed by atoms with Crippen LogP contribution in [-0.2, 0) is 0 Å². The number of hydrogen-bond donors (Lipinski definition) is 0. The molecular weight excluding hydrogens is 471 g/mol. The molecule has 38 heavy (non-hydrogen) atoms. The van der Waals surface area contributed by atoms with Gasteiger partial charge in [-0.3, -0.25) is 4.98 Å². The zero-order valence-electron chi connectivity index (χ0n) is 20.3. The van der Waals surface area contributed by atoms with Gasteiger partial charge >= 0.3 is 0 Å². The lowest BCUT2D eigenvalue weighted by Gasteiger charge is -2.08. The smallest absolute Gasteiger partial charge is 0.227 e. The molecule has 0 N–H and O–H groups in total. The van der Waals surface area contributed by atoms with Crippen LogP contribution in [0.15, 0.2) is 132 Å². The highest BCUT2D eigenvalue weighted by Crippen LogP contribution is 2.30. The van der Waals surface area contributed by atoms with E-state index in [4.69, 9.17) is 9.40 Å². The van der Waals surface area contributed by atoms with Crippen LogP contribution in [0, 0.1) is 5.82 Å². The molecule has 7 aromatic rings. The summed E-state index contributed by atoms with van der Waals surface area (Å²) in [5.41, 5.74) is 9.92. The number of para-hydroxylation sites is 2. The van der Waals surface area contributed by atoms with Crippen molar-refractivity contribution in [2.75, 3.05) is 0 Å². The molecule has 4 heteroatoms. The predicted octanol–water partition coefficient (Wildman–Crippen LogP) is 9.18. The van der Waals surface area contributed by atoms with E-state index >= 15 is 0 Å². The molecule has 3 nitrogen and oxygen atoms in total. The number of benzene rings is 5. The number of hydrogen-bond acceptors (Lipinski definition) is 3. The van der Waals surface area contributed by atoms with E-state index in [0.29, 0.717) is 5.89 Å². The lowest BCUT2D eigenvalue weighted by molar-refractivity contribution is 0.620. The predicted molar refractivity (Wildman–Crippen MR) is 151 cm³/mol. The van der Waals surface area contributed by atoms with E-state index in [-0.39, 0.29) is 5.82 Å². The van der Waals surface area contributed by atoms with Gasteiger partial charge in [-0.25, -0.2) is 9.37 Å². The standard InChI is InChI=1S/C34H21FN2O/c35-30-17-15-23(16-18-30)22-5-7-24(8-6-22)27-13-14-28-19-29(21-36-32(28)20-27)25-9-11-26(12-10-25)34-37-31-3-1-2-4-33(31)38-34/h1-21H. The number of oxazole rings is 1. The zero-order chi connectivity index (χ0) is 25.5. The third-order valence-corrected chi connectivity index (χ3v) is 6.84. The van der Waals surface area contributed by atoms with E-state index < -0.39 is 0 Å². The van der Waals surface area contributed by atoms with E-state index in [2.05, 4.69) is 65.6 Å². The first-order valence-electron chi connectivity index (χ1n) is 12.4. The molecule has 0 radical (unpaired) electrons. The molecule has 0 amide bonds. The fourth-order valence-electron chi connectivity index (χ4n) is 4.76. The summed E-state index contributed by atoms with van der Waals surface area (Å²) < 4.78 is 19.1. The monoisotopic (exact) mass is 492 g/mol. The maximum atomic E-state index is 13.2. The molecule has 2 heterocycles. The van der Waals surface area contributed by atoms with E-state index in [1.807, 2.05) is 42.6 Å². The van der Waals surface area contributed by atoms with E-state index in [1.165, 1.54) is 12.1 Å². The van der Waals surface area contributed by atoms with Crippen molar-refractivity contribution in [3.05, 3.63) is 133 Å². The van der Waals surface area contributed by atoms with Crippen molar-refractivity contribution in [1.29, 1.82) is 0 Å². The highest BCUT2D eigenvalue weighted by molar-refractivity contribution is 5.88. The Kier molecular flexibility index (Phi) is 5.30. The maximum Gasteiger partial charge on any atom is 0.227 e. The number of fused-ring (bicyclic) bond motifs is 2. The highest BCUT2D eigenvalue weighted by atomic mass is 19.1. The van der Waals surface area contributed by atoms with Gasteiger partial charge in [-0.1, -0.05) is 72.8 Å². The Bertz CT molecular complexity index is 1870. The molecule has 0 aliphatic rings. The number of pyridine rings is 1. The molecule has 0 aliphatic carbocycles. The van der Waals surface area contributed by atoms with Crippen LogP contribution < -0.4 is 0 Å². The maximum absolute atomic E-state index is 13.2. The molecule has 7 rings (SSSR count). The summed E-state index contributed by atoms with van der Waals surface area (Å²) in [6.07, 6.45) is 1.91. The molecule has 5 aromatic carbocycles. The average molecular weight is 493 g/mol. The Labute approximate surface area is 218 Å². The molecule has 180 valence electrons. The minimum atomic E-state index is -0.228. The summed E-state index contributed by atoms with van der Waals surface area (Å²) in [4.78, 5) is 9.35. The molecule has 0 unspecified atom stereocenters. The van der Waals surface area contributed by atoms with Gasteiger partial charge in [0.05, 0.1) is 5.52 Å². The quantitative estimate of drug-likeness (QED) is 0.246. The summed E-state index contributed by atoms with van der Waals surface area (Å²) in [7, 11) is 0. The third kappa shape index (κ3) is 4.12. The van der Waals surface area contributed by atoms with Crippen LogP contribution in [0.3, 0.4) is 0 Å². The van der Waals surface area contributed by atoms with E-state index in [0.717, 1.165) is 60.9 Å². The third-order valence-electron chi connectivity index (χ3n) is 6.84. The number of rotatable bonds is 4. The van der Waals surface area contributed by atoms with Crippen molar-refractivity contribution in [2.24, 2.45) is 0 Å². The Hall–Kier alpha value is -5.09. The second-order valence-electron chi connectivity index (χ2n) is 9.28. The summed E-state index contributed by atoms with van der Waals surface area (Å²) in [6, 6.07) is 39.4. The van der Waals surface area contributed by atoms with Gasteiger partial charge in [0.1, 0.15) is 11.3 Å². The van der Waals surface area contributed by atoms with Crippen LogP contribution in [0.5, 0.6) is 0 Å². The summed E-state index contributed by atoms with van der Waals surface area (Å²) in [6.45, 7) is 0. The minimum Gasteiger partial charge on any atom is -0.436 e. The lowest BCUT2D eigenvalue weighted by Crippen LogP contribution is -1.86. The van der Waals surface area contributed by atoms with Gasteiger partial charge in [0.15, 0.2) is 5.58 Å². The summed E-state index contributed by atoms with van der Waals surface area (Å²) >= 11 is 0. The fourth-order valence-corrected chi connectivity index (χ4v) is 4.76. The largest absolute Gasteiger partial charge is 0.436 e. The van der Waals surface area contributed by atoms with Crippen molar-refractivity contribution in [1.82, 2.24) is 9.97 Å². The van der Waals surface area contributed by atoms with Crippen LogP contribution in [0.4, 0.5) is 4.39 Å². The molecule has 0 atom stereocenters. The first-order chi connectivity index (χ1) is 18.7. The second-order valence-corrected chi connectivity index (χ2v) is 9.28. The first-order valence-corrected chi connectivity index (χ1v) is 12.4. The zero-order valence-corrected chi connectivity index (χ0v) is 20.3. The second kappa shape index (κ2) is 9.09. The lowest BCUT2D eigenvalue weighted by atomic mass is 9.98. The molecule has 0 bridgehead atoms. The number of halogens is 1. The van der Waals surface area contributed by atoms with Gasteiger partial charge in [0.2, 0.25) is 5.89 Å². The van der Waals surface area contributed by atoms with Crippen LogP contribution in [-0.4, -0.2) is 9.97 Å². The number of nitrogens with zero attached hydrogens (tertiary/aromatic N) is 2. The van der Waals surface area contributed by atoms with Crippen molar-refractivity contribution in [3.8, 4) is 44.8 Å². The van der Waals surface area contributed by atoms with Crippen LogP contribution >= 0.6 is 0 Å². The van der Waals surface area contributed by atoms with Crippen molar-refractivity contribution < 1.29 is 8.81 Å². The molecular formula is C34H21FN2O. The summed E-state index contributed by atoms with van der Waals surface area (Å²) in [5.74, 6) is 0.391. The van der Waals surface area contributed by atoms with Crippen molar-refractivity contribution in [2.45, 2.75) is 0 Å². The van der Waals surface area contributed by atoms with E-state index in [1.54, 1.807) is 12.1 Å². The van der Waals surface area contributed by atoms with Crippen LogP contribution in [0.25, 0.3) is 66.8 Å². The van der Waals surface area contributed by atoms with Crippen molar-refractivity contribution >= 4 is 22.0 Å². The highest BCUT2D eigenvalue weighted by Gasteiger charge is 2.09. The van der Waals surface area contributed by atoms with Gasteiger partial charge in [-0.05, 0) is 76.3 Å². The summed E-state index contributed by atoms with van der Waals surface area (Å²) in [5, 5.41) is 1.08. The normalized spacial score (nSPS) is 11.3. The van der Waals surface area contributed by atoms with Crippen molar-refractivity contribution in [3.63, 3.8) is 0 Å². The topological polar surface area (TPSA) is 38.9 Å². The van der Waals surface area contributed by atoms with Crippen LogP contribution in [0.1, 0.15) is 0 Å². The van der Waals surface area contributed by atoms with Gasteiger partial charge < -0.3 is 4.42 Å². The SMILES string of the molecule is Fc1ccc(-c2ccc(-c3ccc4cc(-c5ccc(-c6nc7ccccc7o6)cc5)cnc4c3)cc2)cc1. The minimum absolute atomic E-state index is 0.228.